The van der Waals surface area contributed by atoms with Gasteiger partial charge in [-0.05, 0) is 42.8 Å². The van der Waals surface area contributed by atoms with Gasteiger partial charge in [-0.25, -0.2) is 0 Å². The van der Waals surface area contributed by atoms with Crippen molar-refractivity contribution in [2.24, 2.45) is 0 Å². The lowest BCUT2D eigenvalue weighted by molar-refractivity contribution is -0.885. The summed E-state index contributed by atoms with van der Waals surface area (Å²) in [7, 11) is 2.00. The molecule has 1 unspecified atom stereocenters. The van der Waals surface area contributed by atoms with Gasteiger partial charge in [0.2, 0.25) is 5.91 Å². The maximum atomic E-state index is 12.3. The van der Waals surface area contributed by atoms with Crippen molar-refractivity contribution in [1.82, 2.24) is 0 Å². The summed E-state index contributed by atoms with van der Waals surface area (Å²) in [4.78, 5) is 26.9. The summed E-state index contributed by atoms with van der Waals surface area (Å²) >= 11 is 3.43. The van der Waals surface area contributed by atoms with Crippen LogP contribution in [0, 0.1) is 0 Å². The third-order valence-electron chi connectivity index (χ3n) is 4.42. The Balaban J connectivity index is 1.51. The molecule has 6 heteroatoms. The number of amides is 2. The number of halogens is 1. The molecule has 2 aromatic carbocycles. The summed E-state index contributed by atoms with van der Waals surface area (Å²) in [6.45, 7) is 1.95. The van der Waals surface area contributed by atoms with Crippen molar-refractivity contribution in [2.45, 2.75) is 19.4 Å². The second-order valence-electron chi connectivity index (χ2n) is 6.68. The molecule has 5 nitrogen and oxygen atoms in total. The summed E-state index contributed by atoms with van der Waals surface area (Å²) in [5.74, 6) is 0.143. The van der Waals surface area contributed by atoms with E-state index < -0.39 is 0 Å². The van der Waals surface area contributed by atoms with Crippen molar-refractivity contribution < 1.29 is 14.5 Å². The van der Waals surface area contributed by atoms with Crippen molar-refractivity contribution in [3.05, 3.63) is 58.6 Å². The van der Waals surface area contributed by atoms with Crippen LogP contribution in [-0.2, 0) is 16.1 Å². The van der Waals surface area contributed by atoms with Gasteiger partial charge < -0.3 is 15.1 Å². The van der Waals surface area contributed by atoms with E-state index in [1.54, 1.807) is 4.90 Å². The molecule has 1 heterocycles. The molecule has 1 fully saturated rings. The first-order valence-corrected chi connectivity index (χ1v) is 9.56. The SMILES string of the molecule is C[NH+](CC(=O)Nc1ccc(N2CCCC2=O)cc1)Cc1ccc(Br)cc1. The van der Waals surface area contributed by atoms with Gasteiger partial charge in [-0.15, -0.1) is 0 Å². The number of nitrogens with zero attached hydrogens (tertiary/aromatic N) is 1. The fraction of sp³-hybridized carbons (Fsp3) is 0.300. The summed E-state index contributed by atoms with van der Waals surface area (Å²) in [5.41, 5.74) is 2.84. The fourth-order valence-electron chi connectivity index (χ4n) is 3.14. The minimum absolute atomic E-state index is 0.0235. The van der Waals surface area contributed by atoms with Crippen LogP contribution in [0.15, 0.2) is 53.0 Å². The Labute approximate surface area is 162 Å². The molecule has 0 radical (unpaired) electrons. The van der Waals surface area contributed by atoms with Gasteiger partial charge in [-0.1, -0.05) is 28.1 Å². The Kier molecular flexibility index (Phi) is 6.06. The van der Waals surface area contributed by atoms with E-state index in [9.17, 15) is 9.59 Å². The molecule has 1 aliphatic heterocycles. The van der Waals surface area contributed by atoms with Crippen molar-refractivity contribution in [1.29, 1.82) is 0 Å². The van der Waals surface area contributed by atoms with Crippen LogP contribution < -0.4 is 15.1 Å². The predicted octanol–water partition coefficient (Wildman–Crippen LogP) is 2.23. The first-order chi connectivity index (χ1) is 12.5. The number of quaternary nitrogens is 1. The van der Waals surface area contributed by atoms with Gasteiger partial charge in [0.15, 0.2) is 6.54 Å². The molecular formula is C20H23BrN3O2+. The van der Waals surface area contributed by atoms with Crippen LogP contribution in [0.1, 0.15) is 18.4 Å². The van der Waals surface area contributed by atoms with Gasteiger partial charge in [0, 0.05) is 34.4 Å². The van der Waals surface area contributed by atoms with E-state index in [0.29, 0.717) is 13.0 Å². The molecule has 2 amide bonds. The van der Waals surface area contributed by atoms with E-state index in [0.717, 1.165) is 40.3 Å². The lowest BCUT2D eigenvalue weighted by Crippen LogP contribution is -3.08. The monoisotopic (exact) mass is 416 g/mol. The van der Waals surface area contributed by atoms with Crippen molar-refractivity contribution in [3.8, 4) is 0 Å². The van der Waals surface area contributed by atoms with Crippen LogP contribution in [-0.4, -0.2) is 32.0 Å². The highest BCUT2D eigenvalue weighted by Crippen LogP contribution is 2.22. The molecule has 0 spiro atoms. The van der Waals surface area contributed by atoms with Crippen LogP contribution in [0.4, 0.5) is 11.4 Å². The maximum Gasteiger partial charge on any atom is 0.279 e. The van der Waals surface area contributed by atoms with Crippen LogP contribution >= 0.6 is 15.9 Å². The number of anilines is 2. The molecule has 1 aliphatic rings. The van der Waals surface area contributed by atoms with E-state index >= 15 is 0 Å². The normalized spacial score (nSPS) is 15.2. The molecule has 1 saturated heterocycles. The first kappa shape index (κ1) is 18.6. The second kappa shape index (κ2) is 8.47. The van der Waals surface area contributed by atoms with Crippen molar-refractivity contribution >= 4 is 39.1 Å². The Bertz CT molecular complexity index is 775. The largest absolute Gasteiger partial charge is 0.326 e. The predicted molar refractivity (Wildman–Crippen MR) is 106 cm³/mol. The molecule has 0 saturated carbocycles. The van der Waals surface area contributed by atoms with Crippen LogP contribution in [0.25, 0.3) is 0 Å². The third-order valence-corrected chi connectivity index (χ3v) is 4.95. The highest BCUT2D eigenvalue weighted by atomic mass is 79.9. The van der Waals surface area contributed by atoms with Gasteiger partial charge in [0.25, 0.3) is 5.91 Å². The second-order valence-corrected chi connectivity index (χ2v) is 7.60. The summed E-state index contributed by atoms with van der Waals surface area (Å²) in [6.07, 6.45) is 1.52. The number of benzene rings is 2. The van der Waals surface area contributed by atoms with Crippen molar-refractivity contribution in [3.63, 3.8) is 0 Å². The van der Waals surface area contributed by atoms with E-state index in [-0.39, 0.29) is 11.8 Å². The molecule has 3 rings (SSSR count). The zero-order valence-electron chi connectivity index (χ0n) is 14.8. The van der Waals surface area contributed by atoms with Gasteiger partial charge in [-0.3, -0.25) is 9.59 Å². The van der Waals surface area contributed by atoms with Crippen LogP contribution in [0.5, 0.6) is 0 Å². The Morgan fingerprint density at radius 2 is 1.85 bits per heavy atom. The van der Waals surface area contributed by atoms with E-state index in [2.05, 4.69) is 33.4 Å². The molecule has 136 valence electrons. The molecule has 0 bridgehead atoms. The molecular weight excluding hydrogens is 394 g/mol. The summed E-state index contributed by atoms with van der Waals surface area (Å²) in [5, 5.41) is 2.93. The van der Waals surface area contributed by atoms with E-state index in [1.165, 1.54) is 5.56 Å². The zero-order valence-corrected chi connectivity index (χ0v) is 16.4. The topological polar surface area (TPSA) is 53.9 Å². The number of carbonyl (C=O) groups is 2. The number of hydrogen-bond acceptors (Lipinski definition) is 2. The van der Waals surface area contributed by atoms with Gasteiger partial charge in [0.1, 0.15) is 6.54 Å². The van der Waals surface area contributed by atoms with Gasteiger partial charge in [0.05, 0.1) is 7.05 Å². The number of nitrogens with one attached hydrogen (secondary N) is 2. The quantitative estimate of drug-likeness (QED) is 0.758. The van der Waals surface area contributed by atoms with E-state index in [4.69, 9.17) is 0 Å². The van der Waals surface area contributed by atoms with Crippen molar-refractivity contribution in [2.75, 3.05) is 30.4 Å². The number of rotatable bonds is 6. The molecule has 2 aromatic rings. The number of hydrogen-bond donors (Lipinski definition) is 2. The Hall–Kier alpha value is -2.18. The van der Waals surface area contributed by atoms with Crippen LogP contribution in [0.3, 0.4) is 0 Å². The summed E-state index contributed by atoms with van der Waals surface area (Å²) in [6, 6.07) is 15.6. The third kappa shape index (κ3) is 4.93. The highest BCUT2D eigenvalue weighted by molar-refractivity contribution is 9.10. The first-order valence-electron chi connectivity index (χ1n) is 8.77. The smallest absolute Gasteiger partial charge is 0.279 e. The summed E-state index contributed by atoms with van der Waals surface area (Å²) < 4.78 is 1.05. The minimum Gasteiger partial charge on any atom is -0.326 e. The molecule has 0 aliphatic carbocycles. The van der Waals surface area contributed by atoms with Crippen LogP contribution in [0.2, 0.25) is 0 Å². The Morgan fingerprint density at radius 3 is 2.46 bits per heavy atom. The Morgan fingerprint density at radius 1 is 1.15 bits per heavy atom. The molecule has 1 atom stereocenters. The number of likely N-dealkylation sites (N-methyl/N-ethyl adjacent to an activating group) is 1. The molecule has 2 N–H and O–H groups in total. The zero-order chi connectivity index (χ0) is 18.5. The number of carbonyl (C=O) groups excluding carboxylic acids is 2. The average Bonchev–Trinajstić information content (AvgIpc) is 3.03. The molecule has 0 aromatic heterocycles. The standard InChI is InChI=1S/C20H22BrN3O2/c1-23(13-15-4-6-16(21)7-5-15)14-19(25)22-17-8-10-18(11-9-17)24-12-2-3-20(24)26/h4-11H,2-3,12-14H2,1H3,(H,22,25)/p+1. The van der Waals surface area contributed by atoms with E-state index in [1.807, 2.05) is 43.4 Å². The lowest BCUT2D eigenvalue weighted by Gasteiger charge is -2.17. The fourth-order valence-corrected chi connectivity index (χ4v) is 3.40. The molecule has 26 heavy (non-hydrogen) atoms. The highest BCUT2D eigenvalue weighted by Gasteiger charge is 2.21. The van der Waals surface area contributed by atoms with Gasteiger partial charge >= 0.3 is 0 Å². The average molecular weight is 417 g/mol. The van der Waals surface area contributed by atoms with Gasteiger partial charge in [-0.2, -0.15) is 0 Å². The minimum atomic E-state index is -0.0235. The maximum absolute atomic E-state index is 12.3. The lowest BCUT2D eigenvalue weighted by atomic mass is 10.2.